The summed E-state index contributed by atoms with van der Waals surface area (Å²) in [5.41, 5.74) is 5.86. The molecule has 184 valence electrons. The Kier molecular flexibility index (Phi) is 7.57. The number of carbonyl (C=O) groups excluding carboxylic acids is 2. The number of amides is 2. The number of nitrogens with one attached hydrogen (secondary N) is 1. The van der Waals surface area contributed by atoms with Crippen LogP contribution in [0.5, 0.6) is 0 Å². The Morgan fingerprint density at radius 1 is 1.00 bits per heavy atom. The average Bonchev–Trinajstić information content (AvgIpc) is 3.34. The molecule has 0 saturated carbocycles. The van der Waals surface area contributed by atoms with Gasteiger partial charge in [0.2, 0.25) is 0 Å². The molecule has 0 aliphatic carbocycles. The normalized spacial score (nSPS) is 15.1. The Morgan fingerprint density at radius 3 is 2.46 bits per heavy atom. The first-order chi connectivity index (χ1) is 16.7. The van der Waals surface area contributed by atoms with Crippen molar-refractivity contribution in [3.63, 3.8) is 0 Å². The average molecular weight is 491 g/mol. The van der Waals surface area contributed by atoms with Crippen molar-refractivity contribution < 1.29 is 9.59 Å². The van der Waals surface area contributed by atoms with Crippen LogP contribution in [0.15, 0.2) is 53.9 Å². The number of anilines is 1. The lowest BCUT2D eigenvalue weighted by molar-refractivity contribution is 0.0831. The summed E-state index contributed by atoms with van der Waals surface area (Å²) in [5.74, 6) is -0.0574. The predicted molar refractivity (Wildman–Crippen MR) is 145 cm³/mol. The molecule has 2 amide bonds. The van der Waals surface area contributed by atoms with Gasteiger partial charge in [-0.1, -0.05) is 24.3 Å². The minimum absolute atomic E-state index is 0.00668. The minimum atomic E-state index is -0.157. The standard InChI is InChI=1S/C28H34N4O2S/c1-19-9-10-24(32-13-11-31(5)12-14-32)17-25(19)27(33)29-20(2)21-7-6-8-22(15-21)23-16-26(35-18-23)28(34)30(3)4/h6-10,15-18,20H,11-14H2,1-5H3,(H,29,33)/t20-/m1/s1. The van der Waals surface area contributed by atoms with E-state index in [0.29, 0.717) is 10.4 Å². The van der Waals surface area contributed by atoms with Gasteiger partial charge in [-0.2, -0.15) is 0 Å². The molecule has 0 bridgehead atoms. The molecule has 1 atom stereocenters. The van der Waals surface area contributed by atoms with Crippen LogP contribution in [0.3, 0.4) is 0 Å². The van der Waals surface area contributed by atoms with E-state index in [-0.39, 0.29) is 17.9 Å². The van der Waals surface area contributed by atoms with Gasteiger partial charge in [0, 0.05) is 51.5 Å². The fourth-order valence-electron chi connectivity index (χ4n) is 4.28. The Morgan fingerprint density at radius 2 is 1.74 bits per heavy atom. The first-order valence-corrected chi connectivity index (χ1v) is 12.9. The summed E-state index contributed by atoms with van der Waals surface area (Å²) in [6.07, 6.45) is 0. The van der Waals surface area contributed by atoms with E-state index in [2.05, 4.69) is 34.3 Å². The third-order valence-electron chi connectivity index (χ3n) is 6.62. The molecule has 0 spiro atoms. The Bertz CT molecular complexity index is 1210. The van der Waals surface area contributed by atoms with Gasteiger partial charge in [-0.05, 0) is 72.8 Å². The van der Waals surface area contributed by atoms with Crippen molar-refractivity contribution in [2.24, 2.45) is 0 Å². The highest BCUT2D eigenvalue weighted by molar-refractivity contribution is 7.12. The van der Waals surface area contributed by atoms with E-state index < -0.39 is 0 Å². The lowest BCUT2D eigenvalue weighted by Crippen LogP contribution is -2.44. The molecule has 6 nitrogen and oxygen atoms in total. The van der Waals surface area contributed by atoms with Crippen molar-refractivity contribution in [1.29, 1.82) is 0 Å². The van der Waals surface area contributed by atoms with E-state index in [9.17, 15) is 9.59 Å². The summed E-state index contributed by atoms with van der Waals surface area (Å²) < 4.78 is 0. The number of benzene rings is 2. The van der Waals surface area contributed by atoms with Crippen LogP contribution in [0.4, 0.5) is 5.69 Å². The number of nitrogens with zero attached hydrogens (tertiary/aromatic N) is 3. The lowest BCUT2D eigenvalue weighted by atomic mass is 10.0. The highest BCUT2D eigenvalue weighted by Gasteiger charge is 2.19. The van der Waals surface area contributed by atoms with Crippen molar-refractivity contribution in [2.75, 3.05) is 52.2 Å². The summed E-state index contributed by atoms with van der Waals surface area (Å²) in [6, 6.07) is 16.1. The molecule has 0 radical (unpaired) electrons. The molecule has 0 unspecified atom stereocenters. The van der Waals surface area contributed by atoms with Crippen LogP contribution in [-0.4, -0.2) is 68.9 Å². The maximum Gasteiger partial charge on any atom is 0.263 e. The van der Waals surface area contributed by atoms with Gasteiger partial charge >= 0.3 is 0 Å². The molecule has 1 saturated heterocycles. The van der Waals surface area contributed by atoms with Crippen molar-refractivity contribution in [3.05, 3.63) is 75.5 Å². The molecule has 1 fully saturated rings. The van der Waals surface area contributed by atoms with Crippen molar-refractivity contribution in [3.8, 4) is 11.1 Å². The molecular weight excluding hydrogens is 456 g/mol. The zero-order valence-corrected chi connectivity index (χ0v) is 22.0. The second kappa shape index (κ2) is 10.6. The van der Waals surface area contributed by atoms with E-state index in [1.54, 1.807) is 19.0 Å². The number of likely N-dealkylation sites (N-methyl/N-ethyl adjacent to an activating group) is 1. The molecule has 1 aliphatic rings. The quantitative estimate of drug-likeness (QED) is 0.546. The van der Waals surface area contributed by atoms with Crippen molar-refractivity contribution >= 4 is 28.8 Å². The lowest BCUT2D eigenvalue weighted by Gasteiger charge is -2.34. The highest BCUT2D eigenvalue weighted by atomic mass is 32.1. The Labute approximate surface area is 212 Å². The summed E-state index contributed by atoms with van der Waals surface area (Å²) in [7, 11) is 5.66. The van der Waals surface area contributed by atoms with Gasteiger partial charge in [0.25, 0.3) is 11.8 Å². The number of aryl methyl sites for hydroxylation is 1. The van der Waals surface area contributed by atoms with Crippen LogP contribution in [0, 0.1) is 6.92 Å². The molecule has 4 rings (SSSR count). The number of piperazine rings is 1. The van der Waals surface area contributed by atoms with Crippen LogP contribution in [-0.2, 0) is 0 Å². The summed E-state index contributed by atoms with van der Waals surface area (Å²) in [6.45, 7) is 7.97. The Balaban J connectivity index is 1.48. The van der Waals surface area contributed by atoms with Gasteiger partial charge in [-0.15, -0.1) is 11.3 Å². The first kappa shape index (κ1) is 24.9. The van der Waals surface area contributed by atoms with E-state index in [1.165, 1.54) is 11.3 Å². The number of thiophene rings is 1. The Hall–Kier alpha value is -3.16. The number of hydrogen-bond acceptors (Lipinski definition) is 5. The first-order valence-electron chi connectivity index (χ1n) is 12.0. The summed E-state index contributed by atoms with van der Waals surface area (Å²) in [4.78, 5) is 32.5. The van der Waals surface area contributed by atoms with Crippen molar-refractivity contribution in [2.45, 2.75) is 19.9 Å². The second-order valence-corrected chi connectivity index (χ2v) is 10.4. The maximum atomic E-state index is 13.3. The second-order valence-electron chi connectivity index (χ2n) is 9.51. The molecule has 2 heterocycles. The molecule has 2 aromatic carbocycles. The van der Waals surface area contributed by atoms with Gasteiger partial charge in [-0.25, -0.2) is 0 Å². The minimum Gasteiger partial charge on any atom is -0.369 e. The fraction of sp³-hybridized carbons (Fsp3) is 0.357. The van der Waals surface area contributed by atoms with Crippen LogP contribution in [0.2, 0.25) is 0 Å². The zero-order valence-electron chi connectivity index (χ0n) is 21.2. The smallest absolute Gasteiger partial charge is 0.263 e. The van der Waals surface area contributed by atoms with Crippen molar-refractivity contribution in [1.82, 2.24) is 15.1 Å². The molecule has 3 aromatic rings. The largest absolute Gasteiger partial charge is 0.369 e. The predicted octanol–water partition coefficient (Wildman–Crippen LogP) is 4.67. The molecule has 1 N–H and O–H groups in total. The van der Waals surface area contributed by atoms with E-state index in [0.717, 1.165) is 54.1 Å². The fourth-order valence-corrected chi connectivity index (χ4v) is 5.22. The van der Waals surface area contributed by atoms with Crippen LogP contribution < -0.4 is 10.2 Å². The molecule has 35 heavy (non-hydrogen) atoms. The van der Waals surface area contributed by atoms with Crippen LogP contribution in [0.1, 0.15) is 44.1 Å². The highest BCUT2D eigenvalue weighted by Crippen LogP contribution is 2.29. The maximum absolute atomic E-state index is 13.3. The number of hydrogen-bond donors (Lipinski definition) is 1. The number of carbonyl (C=O) groups is 2. The summed E-state index contributed by atoms with van der Waals surface area (Å²) in [5, 5.41) is 5.19. The van der Waals surface area contributed by atoms with Crippen LogP contribution in [0.25, 0.3) is 11.1 Å². The summed E-state index contributed by atoms with van der Waals surface area (Å²) >= 11 is 1.45. The molecule has 7 heteroatoms. The number of rotatable bonds is 6. The topological polar surface area (TPSA) is 55.9 Å². The monoisotopic (exact) mass is 490 g/mol. The zero-order chi connectivity index (χ0) is 25.1. The molecule has 1 aromatic heterocycles. The van der Waals surface area contributed by atoms with Gasteiger partial charge in [0.1, 0.15) is 0 Å². The van der Waals surface area contributed by atoms with E-state index in [4.69, 9.17) is 0 Å². The van der Waals surface area contributed by atoms with Gasteiger partial charge in [0.15, 0.2) is 0 Å². The van der Waals surface area contributed by atoms with Gasteiger partial charge in [-0.3, -0.25) is 9.59 Å². The third kappa shape index (κ3) is 5.74. The third-order valence-corrected chi connectivity index (χ3v) is 7.54. The van der Waals surface area contributed by atoms with E-state index >= 15 is 0 Å². The molecule has 1 aliphatic heterocycles. The van der Waals surface area contributed by atoms with Crippen LogP contribution >= 0.6 is 11.3 Å². The molecular formula is C28H34N4O2S. The van der Waals surface area contributed by atoms with E-state index in [1.807, 2.05) is 55.6 Å². The van der Waals surface area contributed by atoms with Gasteiger partial charge in [0.05, 0.1) is 10.9 Å². The van der Waals surface area contributed by atoms with Gasteiger partial charge < -0.3 is 20.0 Å². The SMILES string of the molecule is Cc1ccc(N2CCN(C)CC2)cc1C(=O)N[C@H](C)c1cccc(-c2csc(C(=O)N(C)C)c2)c1.